The Morgan fingerprint density at radius 1 is 1.03 bits per heavy atom. The molecule has 0 heterocycles. The summed E-state index contributed by atoms with van der Waals surface area (Å²) in [4.78, 5) is 24.2. The third-order valence-corrected chi connectivity index (χ3v) is 4.75. The average molecular weight is 482 g/mol. The van der Waals surface area contributed by atoms with E-state index in [2.05, 4.69) is 16.0 Å². The highest BCUT2D eigenvalue weighted by Crippen LogP contribution is 2.27. The van der Waals surface area contributed by atoms with Gasteiger partial charge < -0.3 is 20.7 Å². The van der Waals surface area contributed by atoms with E-state index in [0.29, 0.717) is 40.2 Å². The van der Waals surface area contributed by atoms with E-state index in [-0.39, 0.29) is 23.3 Å². The van der Waals surface area contributed by atoms with Crippen molar-refractivity contribution in [2.75, 3.05) is 17.2 Å². The van der Waals surface area contributed by atoms with Crippen molar-refractivity contribution in [1.29, 1.82) is 0 Å². The number of benzene rings is 2. The van der Waals surface area contributed by atoms with E-state index < -0.39 is 5.41 Å². The van der Waals surface area contributed by atoms with Gasteiger partial charge in [0, 0.05) is 28.2 Å². The minimum Gasteiger partial charge on any atom is -0.492 e. The molecule has 6 nitrogen and oxygen atoms in total. The summed E-state index contributed by atoms with van der Waals surface area (Å²) in [6.45, 7) is 5.84. The highest BCUT2D eigenvalue weighted by Gasteiger charge is 2.21. The van der Waals surface area contributed by atoms with Crippen LogP contribution in [-0.4, -0.2) is 23.5 Å². The van der Waals surface area contributed by atoms with Crippen molar-refractivity contribution < 1.29 is 14.3 Å². The number of halogens is 2. The molecule has 31 heavy (non-hydrogen) atoms. The van der Waals surface area contributed by atoms with Gasteiger partial charge in [-0.2, -0.15) is 0 Å². The van der Waals surface area contributed by atoms with Crippen molar-refractivity contribution in [3.8, 4) is 5.75 Å². The van der Waals surface area contributed by atoms with Gasteiger partial charge in [0.15, 0.2) is 5.11 Å². The summed E-state index contributed by atoms with van der Waals surface area (Å²) in [5.74, 6) is 0.185. The minimum atomic E-state index is -0.505. The molecule has 0 aliphatic rings. The van der Waals surface area contributed by atoms with Crippen molar-refractivity contribution in [1.82, 2.24) is 5.32 Å². The monoisotopic (exact) mass is 481 g/mol. The average Bonchev–Trinajstić information content (AvgIpc) is 2.66. The third kappa shape index (κ3) is 8.73. The fourth-order valence-corrected chi connectivity index (χ4v) is 3.05. The van der Waals surface area contributed by atoms with Crippen molar-refractivity contribution in [3.05, 3.63) is 52.5 Å². The molecule has 2 aromatic carbocycles. The Morgan fingerprint density at radius 2 is 1.71 bits per heavy atom. The van der Waals surface area contributed by atoms with Gasteiger partial charge in [-0.25, -0.2) is 0 Å². The second kappa shape index (κ2) is 11.3. The number of anilines is 2. The molecule has 0 aliphatic carbocycles. The Bertz CT molecular complexity index is 961. The van der Waals surface area contributed by atoms with Gasteiger partial charge in [-0.05, 0) is 55.0 Å². The molecule has 0 atom stereocenters. The van der Waals surface area contributed by atoms with Gasteiger partial charge in [0.1, 0.15) is 5.75 Å². The topological polar surface area (TPSA) is 79.5 Å². The number of rotatable bonds is 7. The lowest BCUT2D eigenvalue weighted by molar-refractivity contribution is -0.123. The van der Waals surface area contributed by atoms with Gasteiger partial charge in [-0.15, -0.1) is 0 Å². The summed E-state index contributed by atoms with van der Waals surface area (Å²) in [5.41, 5.74) is 0.782. The van der Waals surface area contributed by atoms with Crippen LogP contribution < -0.4 is 20.7 Å². The van der Waals surface area contributed by atoms with Crippen LogP contribution in [0.5, 0.6) is 5.75 Å². The molecule has 9 heteroatoms. The van der Waals surface area contributed by atoms with Crippen LogP contribution in [0, 0.1) is 5.41 Å². The molecule has 3 N–H and O–H groups in total. The first-order valence-corrected chi connectivity index (χ1v) is 10.8. The van der Waals surface area contributed by atoms with Crippen LogP contribution in [0.15, 0.2) is 42.5 Å². The van der Waals surface area contributed by atoms with Crippen LogP contribution in [0.25, 0.3) is 0 Å². The Hall–Kier alpha value is -2.35. The van der Waals surface area contributed by atoms with Crippen LogP contribution in [0.3, 0.4) is 0 Å². The van der Waals surface area contributed by atoms with Crippen molar-refractivity contribution in [3.63, 3.8) is 0 Å². The highest BCUT2D eigenvalue weighted by molar-refractivity contribution is 7.80. The molecular formula is C22H25Cl2N3O3S. The first-order valence-electron chi connectivity index (χ1n) is 9.65. The van der Waals surface area contributed by atoms with Crippen LogP contribution in [0.1, 0.15) is 33.6 Å². The minimum absolute atomic E-state index is 0.0948. The zero-order valence-corrected chi connectivity index (χ0v) is 19.9. The van der Waals surface area contributed by atoms with Gasteiger partial charge in [0.25, 0.3) is 0 Å². The lowest BCUT2D eigenvalue weighted by Gasteiger charge is -2.18. The van der Waals surface area contributed by atoms with Crippen molar-refractivity contribution in [2.45, 2.75) is 33.6 Å². The summed E-state index contributed by atoms with van der Waals surface area (Å²) in [6, 6.07) is 12.1. The molecule has 2 aromatic rings. The zero-order chi connectivity index (χ0) is 23.0. The fraction of sp³-hybridized carbons (Fsp3) is 0.318. The van der Waals surface area contributed by atoms with Crippen LogP contribution in [-0.2, 0) is 9.59 Å². The van der Waals surface area contributed by atoms with E-state index in [1.54, 1.807) is 42.5 Å². The molecule has 0 aromatic heterocycles. The number of thiocarbonyl (C=S) groups is 1. The Morgan fingerprint density at radius 3 is 2.35 bits per heavy atom. The van der Waals surface area contributed by atoms with Crippen molar-refractivity contribution >= 4 is 63.7 Å². The quantitative estimate of drug-likeness (QED) is 0.351. The van der Waals surface area contributed by atoms with Gasteiger partial charge in [0.05, 0.1) is 11.6 Å². The maximum atomic E-state index is 12.1. The van der Waals surface area contributed by atoms with E-state index in [9.17, 15) is 9.59 Å². The van der Waals surface area contributed by atoms with E-state index in [1.807, 2.05) is 20.8 Å². The lowest BCUT2D eigenvalue weighted by atomic mass is 9.95. The molecule has 166 valence electrons. The first kappa shape index (κ1) is 24.9. The number of amides is 2. The van der Waals surface area contributed by atoms with Crippen LogP contribution in [0.4, 0.5) is 11.4 Å². The summed E-state index contributed by atoms with van der Waals surface area (Å²) in [7, 11) is 0. The molecular weight excluding hydrogens is 457 g/mol. The first-order chi connectivity index (χ1) is 14.5. The summed E-state index contributed by atoms with van der Waals surface area (Å²) in [6.07, 6.45) is 0.719. The van der Waals surface area contributed by atoms with E-state index in [4.69, 9.17) is 40.2 Å². The Labute approximate surface area is 197 Å². The molecule has 0 aliphatic heterocycles. The summed E-state index contributed by atoms with van der Waals surface area (Å²) in [5, 5.41) is 9.54. The fourth-order valence-electron chi connectivity index (χ4n) is 2.35. The van der Waals surface area contributed by atoms with Gasteiger partial charge in [-0.1, -0.05) is 50.0 Å². The molecule has 0 fully saturated rings. The number of carbonyl (C=O) groups excluding carboxylic acids is 2. The molecule has 0 unspecified atom stereocenters. The second-order valence-electron chi connectivity index (χ2n) is 7.81. The molecule has 0 bridgehead atoms. The maximum absolute atomic E-state index is 12.1. The standard InChI is InChI=1S/C22H25Cl2N3O3S/c1-22(2,3)20(29)25-15-6-4-7-16(13-15)26-21(31)27-19(28)8-5-11-30-18-10-9-14(23)12-17(18)24/h4,6-7,9-10,12-13H,5,8,11H2,1-3H3,(H,25,29)(H2,26,27,28,31). The molecule has 2 rings (SSSR count). The molecule has 0 saturated carbocycles. The number of hydrogen-bond acceptors (Lipinski definition) is 4. The number of hydrogen-bond donors (Lipinski definition) is 3. The largest absolute Gasteiger partial charge is 0.492 e. The zero-order valence-electron chi connectivity index (χ0n) is 17.6. The number of ether oxygens (including phenoxy) is 1. The summed E-state index contributed by atoms with van der Waals surface area (Å²) >= 11 is 17.1. The Kier molecular flexibility index (Phi) is 9.10. The van der Waals surface area contributed by atoms with E-state index in [1.165, 1.54) is 0 Å². The van der Waals surface area contributed by atoms with E-state index in [0.717, 1.165) is 0 Å². The van der Waals surface area contributed by atoms with Gasteiger partial charge in [0.2, 0.25) is 11.8 Å². The molecule has 2 amide bonds. The molecule has 0 saturated heterocycles. The number of nitrogens with one attached hydrogen (secondary N) is 3. The SMILES string of the molecule is CC(C)(C)C(=O)Nc1cccc(NC(=S)NC(=O)CCCOc2ccc(Cl)cc2Cl)c1. The van der Waals surface area contributed by atoms with Gasteiger partial charge in [-0.3, -0.25) is 9.59 Å². The predicted octanol–water partition coefficient (Wildman–Crippen LogP) is 5.65. The summed E-state index contributed by atoms with van der Waals surface area (Å²) < 4.78 is 5.56. The molecule has 0 spiro atoms. The second-order valence-corrected chi connectivity index (χ2v) is 9.07. The van der Waals surface area contributed by atoms with Crippen LogP contribution in [0.2, 0.25) is 10.0 Å². The Balaban J connectivity index is 1.76. The predicted molar refractivity (Wildman–Crippen MR) is 130 cm³/mol. The van der Waals surface area contributed by atoms with E-state index >= 15 is 0 Å². The highest BCUT2D eigenvalue weighted by atomic mass is 35.5. The normalized spacial score (nSPS) is 10.9. The molecule has 0 radical (unpaired) electrons. The van der Waals surface area contributed by atoms with Gasteiger partial charge >= 0.3 is 0 Å². The van der Waals surface area contributed by atoms with Crippen LogP contribution >= 0.6 is 35.4 Å². The van der Waals surface area contributed by atoms with Crippen molar-refractivity contribution in [2.24, 2.45) is 5.41 Å². The maximum Gasteiger partial charge on any atom is 0.229 e. The number of carbonyl (C=O) groups is 2. The third-order valence-electron chi connectivity index (χ3n) is 4.01. The smallest absolute Gasteiger partial charge is 0.229 e. The lowest BCUT2D eigenvalue weighted by Crippen LogP contribution is -2.34.